The molecule has 0 aliphatic heterocycles. The number of nitro groups is 1. The largest absolute Gasteiger partial charge is 0.478 e. The van der Waals surface area contributed by atoms with Gasteiger partial charge in [0.05, 0.1) is 10.5 Å². The standard InChI is InChI=1S/C9H6N4O4/c14-9(15)6-1-2-7(8(3-6)13(16)17)12-4-10-11-5-12/h1-5H,(H,14,15). The molecule has 0 atom stereocenters. The molecular formula is C9H6N4O4. The number of nitrogens with zero attached hydrogens (tertiary/aromatic N) is 4. The van der Waals surface area contributed by atoms with E-state index in [4.69, 9.17) is 5.11 Å². The molecule has 1 heterocycles. The maximum Gasteiger partial charge on any atom is 0.335 e. The number of aromatic nitrogens is 3. The quantitative estimate of drug-likeness (QED) is 0.623. The highest BCUT2D eigenvalue weighted by atomic mass is 16.6. The maximum absolute atomic E-state index is 10.9. The molecular weight excluding hydrogens is 228 g/mol. The Kier molecular flexibility index (Phi) is 2.53. The fourth-order valence-electron chi connectivity index (χ4n) is 1.35. The van der Waals surface area contributed by atoms with Gasteiger partial charge in [-0.05, 0) is 12.1 Å². The van der Waals surface area contributed by atoms with E-state index in [1.165, 1.54) is 29.4 Å². The zero-order chi connectivity index (χ0) is 12.4. The third-order valence-corrected chi connectivity index (χ3v) is 2.12. The van der Waals surface area contributed by atoms with Crippen LogP contribution in [0.4, 0.5) is 5.69 Å². The molecule has 86 valence electrons. The van der Waals surface area contributed by atoms with Gasteiger partial charge >= 0.3 is 5.97 Å². The summed E-state index contributed by atoms with van der Waals surface area (Å²) < 4.78 is 1.34. The smallest absolute Gasteiger partial charge is 0.335 e. The number of carboxylic acids is 1. The van der Waals surface area contributed by atoms with Crippen molar-refractivity contribution in [2.75, 3.05) is 0 Å². The van der Waals surface area contributed by atoms with Crippen molar-refractivity contribution in [3.8, 4) is 5.69 Å². The maximum atomic E-state index is 10.9. The fraction of sp³-hybridized carbons (Fsp3) is 0. The summed E-state index contributed by atoms with van der Waals surface area (Å²) in [7, 11) is 0. The van der Waals surface area contributed by atoms with Crippen LogP contribution in [-0.4, -0.2) is 30.8 Å². The number of rotatable bonds is 3. The zero-order valence-electron chi connectivity index (χ0n) is 8.35. The highest BCUT2D eigenvalue weighted by molar-refractivity contribution is 5.89. The Morgan fingerprint density at radius 2 is 2.00 bits per heavy atom. The number of benzene rings is 1. The van der Waals surface area contributed by atoms with E-state index >= 15 is 0 Å². The molecule has 0 aliphatic carbocycles. The van der Waals surface area contributed by atoms with E-state index in [0.29, 0.717) is 0 Å². The monoisotopic (exact) mass is 234 g/mol. The van der Waals surface area contributed by atoms with Crippen molar-refractivity contribution >= 4 is 11.7 Å². The molecule has 1 N–H and O–H groups in total. The summed E-state index contributed by atoms with van der Waals surface area (Å²) in [4.78, 5) is 20.9. The first-order valence-electron chi connectivity index (χ1n) is 4.46. The van der Waals surface area contributed by atoms with Crippen molar-refractivity contribution in [1.29, 1.82) is 0 Å². The van der Waals surface area contributed by atoms with Gasteiger partial charge in [-0.25, -0.2) is 4.79 Å². The lowest BCUT2D eigenvalue weighted by Gasteiger charge is -2.03. The highest BCUT2D eigenvalue weighted by Crippen LogP contribution is 2.23. The fourth-order valence-corrected chi connectivity index (χ4v) is 1.35. The lowest BCUT2D eigenvalue weighted by molar-refractivity contribution is -0.384. The predicted octanol–water partition coefficient (Wildman–Crippen LogP) is 0.874. The van der Waals surface area contributed by atoms with Crippen molar-refractivity contribution in [2.45, 2.75) is 0 Å². The van der Waals surface area contributed by atoms with E-state index in [0.717, 1.165) is 6.07 Å². The zero-order valence-corrected chi connectivity index (χ0v) is 8.35. The van der Waals surface area contributed by atoms with Gasteiger partial charge in [0.1, 0.15) is 18.3 Å². The molecule has 0 amide bonds. The first-order chi connectivity index (χ1) is 8.09. The molecule has 1 aromatic carbocycles. The molecule has 0 saturated carbocycles. The van der Waals surface area contributed by atoms with Crippen LogP contribution >= 0.6 is 0 Å². The molecule has 2 rings (SSSR count). The van der Waals surface area contributed by atoms with E-state index in [1.54, 1.807) is 0 Å². The Balaban J connectivity index is 2.61. The Morgan fingerprint density at radius 1 is 1.35 bits per heavy atom. The van der Waals surface area contributed by atoms with Gasteiger partial charge in [0, 0.05) is 6.07 Å². The Hall–Kier alpha value is -2.77. The van der Waals surface area contributed by atoms with Crippen molar-refractivity contribution in [3.05, 3.63) is 46.5 Å². The Bertz CT molecular complexity index is 579. The summed E-state index contributed by atoms with van der Waals surface area (Å²) in [5.74, 6) is -1.22. The minimum absolute atomic E-state index is 0.145. The van der Waals surface area contributed by atoms with Crippen molar-refractivity contribution in [2.24, 2.45) is 0 Å². The molecule has 1 aromatic heterocycles. The first-order valence-corrected chi connectivity index (χ1v) is 4.46. The second-order valence-corrected chi connectivity index (χ2v) is 3.13. The molecule has 0 unspecified atom stereocenters. The number of carboxylic acid groups (broad SMARTS) is 1. The average molecular weight is 234 g/mol. The molecule has 17 heavy (non-hydrogen) atoms. The molecule has 8 heteroatoms. The number of hydrogen-bond acceptors (Lipinski definition) is 5. The summed E-state index contributed by atoms with van der Waals surface area (Å²) in [5.41, 5.74) is -0.247. The van der Waals surface area contributed by atoms with E-state index in [1.807, 2.05) is 0 Å². The van der Waals surface area contributed by atoms with Crippen LogP contribution in [-0.2, 0) is 0 Å². The van der Waals surface area contributed by atoms with Crippen LogP contribution in [0, 0.1) is 10.1 Å². The SMILES string of the molecule is O=C(O)c1ccc(-n2cnnc2)c([N+](=O)[O-])c1. The van der Waals surface area contributed by atoms with Crippen molar-refractivity contribution in [1.82, 2.24) is 14.8 Å². The van der Waals surface area contributed by atoms with Crippen molar-refractivity contribution < 1.29 is 14.8 Å². The molecule has 0 saturated heterocycles. The summed E-state index contributed by atoms with van der Waals surface area (Å²) >= 11 is 0. The molecule has 0 fully saturated rings. The van der Waals surface area contributed by atoms with Crippen LogP contribution in [0.2, 0.25) is 0 Å². The van der Waals surface area contributed by atoms with E-state index in [-0.39, 0.29) is 16.9 Å². The second kappa shape index (κ2) is 4.00. The third kappa shape index (κ3) is 1.95. The second-order valence-electron chi connectivity index (χ2n) is 3.13. The Morgan fingerprint density at radius 3 is 2.53 bits per heavy atom. The van der Waals surface area contributed by atoms with Gasteiger partial charge in [-0.3, -0.25) is 14.7 Å². The van der Waals surface area contributed by atoms with Gasteiger partial charge < -0.3 is 5.11 Å². The highest BCUT2D eigenvalue weighted by Gasteiger charge is 2.18. The van der Waals surface area contributed by atoms with E-state index in [2.05, 4.69) is 10.2 Å². The van der Waals surface area contributed by atoms with Crippen LogP contribution in [0.5, 0.6) is 0 Å². The van der Waals surface area contributed by atoms with Gasteiger partial charge in [-0.2, -0.15) is 0 Å². The molecule has 0 bridgehead atoms. The molecule has 0 aliphatic rings. The van der Waals surface area contributed by atoms with Crippen LogP contribution in [0.25, 0.3) is 5.69 Å². The molecule has 0 spiro atoms. The summed E-state index contributed by atoms with van der Waals surface area (Å²) in [5, 5.41) is 26.7. The average Bonchev–Trinajstić information content (AvgIpc) is 2.81. The number of carbonyl (C=O) groups is 1. The van der Waals surface area contributed by atoms with Gasteiger partial charge in [-0.15, -0.1) is 10.2 Å². The van der Waals surface area contributed by atoms with Crippen LogP contribution < -0.4 is 0 Å². The van der Waals surface area contributed by atoms with E-state index < -0.39 is 10.9 Å². The number of aromatic carboxylic acids is 1. The lowest BCUT2D eigenvalue weighted by Crippen LogP contribution is -2.02. The van der Waals surface area contributed by atoms with Crippen LogP contribution in [0.3, 0.4) is 0 Å². The van der Waals surface area contributed by atoms with Crippen molar-refractivity contribution in [3.63, 3.8) is 0 Å². The van der Waals surface area contributed by atoms with Crippen LogP contribution in [0.1, 0.15) is 10.4 Å². The van der Waals surface area contributed by atoms with Gasteiger partial charge in [-0.1, -0.05) is 0 Å². The van der Waals surface area contributed by atoms with Gasteiger partial charge in [0.25, 0.3) is 5.69 Å². The van der Waals surface area contributed by atoms with Gasteiger partial charge in [0.2, 0.25) is 0 Å². The third-order valence-electron chi connectivity index (χ3n) is 2.12. The number of nitro benzene ring substituents is 1. The predicted molar refractivity (Wildman–Crippen MR) is 55.0 cm³/mol. The van der Waals surface area contributed by atoms with Gasteiger partial charge in [0.15, 0.2) is 0 Å². The molecule has 8 nitrogen and oxygen atoms in total. The summed E-state index contributed by atoms with van der Waals surface area (Å²) in [6, 6.07) is 3.62. The summed E-state index contributed by atoms with van der Waals surface area (Å²) in [6.45, 7) is 0. The lowest BCUT2D eigenvalue weighted by atomic mass is 10.1. The summed E-state index contributed by atoms with van der Waals surface area (Å²) in [6.07, 6.45) is 2.59. The minimum atomic E-state index is -1.22. The Labute approximate surface area is 94.3 Å². The minimum Gasteiger partial charge on any atom is -0.478 e. The molecule has 0 radical (unpaired) electrons. The first kappa shape index (κ1) is 10.7. The topological polar surface area (TPSA) is 111 Å². The molecule has 2 aromatic rings. The normalized spacial score (nSPS) is 10.1. The van der Waals surface area contributed by atoms with E-state index in [9.17, 15) is 14.9 Å². The van der Waals surface area contributed by atoms with Crippen LogP contribution in [0.15, 0.2) is 30.9 Å². The number of hydrogen-bond donors (Lipinski definition) is 1.